The van der Waals surface area contributed by atoms with Gasteiger partial charge >= 0.3 is 0 Å². The first-order valence-electron chi connectivity index (χ1n) is 8.25. The van der Waals surface area contributed by atoms with Crippen LogP contribution in [0, 0.1) is 0 Å². The Labute approximate surface area is 163 Å². The van der Waals surface area contributed by atoms with E-state index in [1.54, 1.807) is 6.92 Å². The lowest BCUT2D eigenvalue weighted by Gasteiger charge is -2.21. The lowest BCUT2D eigenvalue weighted by molar-refractivity contribution is 0.456. The molecule has 12 heteroatoms. The van der Waals surface area contributed by atoms with Crippen molar-refractivity contribution in [3.63, 3.8) is 0 Å². The minimum Gasteiger partial charge on any atom is -0.282 e. The van der Waals surface area contributed by atoms with E-state index in [4.69, 9.17) is 0 Å². The molecular weight excluding hydrogens is 432 g/mol. The average Bonchev–Trinajstić information content (AvgIpc) is 2.55. The predicted molar refractivity (Wildman–Crippen MR) is 102 cm³/mol. The minimum absolute atomic E-state index is 0.0972. The monoisotopic (exact) mass is 452 g/mol. The van der Waals surface area contributed by atoms with Gasteiger partial charge in [0.25, 0.3) is 30.4 Å². The van der Waals surface area contributed by atoms with Crippen molar-refractivity contribution in [2.75, 3.05) is 0 Å². The minimum atomic E-state index is -5.47. The van der Waals surface area contributed by atoms with Crippen LogP contribution in [-0.4, -0.2) is 38.9 Å². The lowest BCUT2D eigenvalue weighted by atomic mass is 9.91. The SMILES string of the molecule is CCc1ccc2c(S(=O)(=O)O)c(S(=O)(=O)O)c(S(=O)(=O)O)c(CC)c2c1CC. The third-order valence-electron chi connectivity index (χ3n) is 4.50. The van der Waals surface area contributed by atoms with Gasteiger partial charge in [0.1, 0.15) is 14.7 Å². The van der Waals surface area contributed by atoms with Crippen LogP contribution in [0.3, 0.4) is 0 Å². The van der Waals surface area contributed by atoms with Crippen LogP contribution < -0.4 is 0 Å². The van der Waals surface area contributed by atoms with Crippen LogP contribution in [0.4, 0.5) is 0 Å². The zero-order chi connectivity index (χ0) is 21.7. The van der Waals surface area contributed by atoms with Gasteiger partial charge in [0, 0.05) is 5.39 Å². The molecule has 0 bridgehead atoms. The highest BCUT2D eigenvalue weighted by Crippen LogP contribution is 2.41. The molecule has 28 heavy (non-hydrogen) atoms. The Bertz CT molecular complexity index is 1270. The van der Waals surface area contributed by atoms with Gasteiger partial charge in [-0.2, -0.15) is 25.3 Å². The van der Waals surface area contributed by atoms with Crippen molar-refractivity contribution in [1.29, 1.82) is 0 Å². The molecule has 2 rings (SSSR count). The van der Waals surface area contributed by atoms with E-state index < -0.39 is 45.0 Å². The topological polar surface area (TPSA) is 163 Å². The van der Waals surface area contributed by atoms with E-state index >= 15 is 0 Å². The summed E-state index contributed by atoms with van der Waals surface area (Å²) in [4.78, 5) is -4.10. The molecule has 0 amide bonds. The smallest absolute Gasteiger partial charge is 0.282 e. The summed E-state index contributed by atoms with van der Waals surface area (Å²) in [7, 11) is -16.1. The molecule has 9 nitrogen and oxygen atoms in total. The van der Waals surface area contributed by atoms with E-state index in [0.29, 0.717) is 18.4 Å². The van der Waals surface area contributed by atoms with Crippen LogP contribution >= 0.6 is 0 Å². The zero-order valence-electron chi connectivity index (χ0n) is 15.3. The Kier molecular flexibility index (Phi) is 5.97. The molecule has 0 aliphatic heterocycles. The summed E-state index contributed by atoms with van der Waals surface area (Å²) < 4.78 is 101. The van der Waals surface area contributed by atoms with Gasteiger partial charge in [-0.15, -0.1) is 0 Å². The lowest BCUT2D eigenvalue weighted by Crippen LogP contribution is -2.18. The van der Waals surface area contributed by atoms with Crippen LogP contribution in [0.2, 0.25) is 0 Å². The standard InChI is InChI=1S/C16H20O9S3/c1-4-9-7-8-12-13(10(9)5-2)11(6-3)14(26(17,18)19)16(28(23,24)25)15(12)27(20,21)22/h7-8H,4-6H2,1-3H3,(H,17,18,19)(H,20,21,22)(H,23,24,25). The second-order valence-corrected chi connectivity index (χ2v) is 10.2. The highest BCUT2D eigenvalue weighted by Gasteiger charge is 2.37. The molecule has 0 unspecified atom stereocenters. The number of benzene rings is 2. The summed E-state index contributed by atoms with van der Waals surface area (Å²) in [6.07, 6.45) is 0.763. The summed E-state index contributed by atoms with van der Waals surface area (Å²) in [5.74, 6) is 0. The Morgan fingerprint density at radius 2 is 1.11 bits per heavy atom. The highest BCUT2D eigenvalue weighted by atomic mass is 32.2. The van der Waals surface area contributed by atoms with Crippen molar-refractivity contribution in [2.24, 2.45) is 0 Å². The second kappa shape index (κ2) is 7.35. The Morgan fingerprint density at radius 1 is 0.643 bits per heavy atom. The highest BCUT2D eigenvalue weighted by molar-refractivity contribution is 7.90. The zero-order valence-corrected chi connectivity index (χ0v) is 17.7. The van der Waals surface area contributed by atoms with E-state index in [1.807, 2.05) is 6.92 Å². The maximum atomic E-state index is 12.1. The molecule has 0 saturated heterocycles. The Morgan fingerprint density at radius 3 is 1.46 bits per heavy atom. The van der Waals surface area contributed by atoms with Crippen molar-refractivity contribution in [2.45, 2.75) is 54.7 Å². The maximum Gasteiger partial charge on any atom is 0.297 e. The fourth-order valence-corrected chi connectivity index (χ4v) is 7.25. The van der Waals surface area contributed by atoms with Gasteiger partial charge in [0.05, 0.1) is 0 Å². The van der Waals surface area contributed by atoms with Gasteiger partial charge in [-0.3, -0.25) is 13.7 Å². The first-order valence-corrected chi connectivity index (χ1v) is 12.6. The Hall–Kier alpha value is -1.57. The van der Waals surface area contributed by atoms with Crippen LogP contribution in [0.15, 0.2) is 26.8 Å². The molecule has 0 atom stereocenters. The Balaban J connectivity index is 3.54. The number of aryl methyl sites for hydroxylation is 3. The predicted octanol–water partition coefficient (Wildman–Crippen LogP) is 2.27. The summed E-state index contributed by atoms with van der Waals surface area (Å²) in [6, 6.07) is 2.79. The number of hydrogen-bond acceptors (Lipinski definition) is 6. The molecule has 0 radical (unpaired) electrons. The number of fused-ring (bicyclic) bond motifs is 1. The summed E-state index contributed by atoms with van der Waals surface area (Å²) in [6.45, 7) is 5.05. The van der Waals surface area contributed by atoms with Gasteiger partial charge in [-0.25, -0.2) is 0 Å². The molecule has 0 aliphatic carbocycles. The molecule has 0 saturated carbocycles. The summed E-state index contributed by atoms with van der Waals surface area (Å²) >= 11 is 0. The molecule has 0 spiro atoms. The molecular formula is C16H20O9S3. The van der Waals surface area contributed by atoms with Crippen molar-refractivity contribution >= 4 is 41.1 Å². The molecule has 3 N–H and O–H groups in total. The molecule has 2 aromatic rings. The first-order chi connectivity index (χ1) is 12.7. The van der Waals surface area contributed by atoms with Gasteiger partial charge in [0.15, 0.2) is 0 Å². The molecule has 2 aromatic carbocycles. The quantitative estimate of drug-likeness (QED) is 0.558. The molecule has 0 heterocycles. The van der Waals surface area contributed by atoms with E-state index in [1.165, 1.54) is 19.1 Å². The number of hydrogen-bond donors (Lipinski definition) is 3. The molecule has 0 aliphatic rings. The average molecular weight is 453 g/mol. The van der Waals surface area contributed by atoms with Crippen LogP contribution in [-0.2, 0) is 49.6 Å². The van der Waals surface area contributed by atoms with E-state index in [-0.39, 0.29) is 22.8 Å². The van der Waals surface area contributed by atoms with Crippen molar-refractivity contribution in [3.8, 4) is 0 Å². The van der Waals surface area contributed by atoms with Crippen molar-refractivity contribution in [1.82, 2.24) is 0 Å². The second-order valence-electron chi connectivity index (χ2n) is 6.08. The summed E-state index contributed by atoms with van der Waals surface area (Å²) in [5.41, 5.74) is 1.14. The van der Waals surface area contributed by atoms with Gasteiger partial charge in [-0.05, 0) is 41.3 Å². The van der Waals surface area contributed by atoms with Gasteiger partial charge in [-0.1, -0.05) is 32.9 Å². The molecule has 0 fully saturated rings. The van der Waals surface area contributed by atoms with Gasteiger partial charge in [0.2, 0.25) is 0 Å². The number of rotatable bonds is 6. The van der Waals surface area contributed by atoms with E-state index in [0.717, 1.165) is 5.56 Å². The largest absolute Gasteiger partial charge is 0.297 e. The molecule has 156 valence electrons. The maximum absolute atomic E-state index is 12.1. The van der Waals surface area contributed by atoms with Crippen molar-refractivity contribution < 1.29 is 38.9 Å². The van der Waals surface area contributed by atoms with Crippen LogP contribution in [0.5, 0.6) is 0 Å². The molecule has 0 aromatic heterocycles. The fraction of sp³-hybridized carbons (Fsp3) is 0.375. The van der Waals surface area contributed by atoms with Gasteiger partial charge < -0.3 is 0 Å². The van der Waals surface area contributed by atoms with E-state index in [2.05, 4.69) is 0 Å². The first kappa shape index (κ1) is 22.7. The van der Waals surface area contributed by atoms with Crippen molar-refractivity contribution in [3.05, 3.63) is 28.8 Å². The fourth-order valence-electron chi connectivity index (χ4n) is 3.54. The normalized spacial score (nSPS) is 13.2. The van der Waals surface area contributed by atoms with E-state index in [9.17, 15) is 38.9 Å². The van der Waals surface area contributed by atoms with Crippen LogP contribution in [0.1, 0.15) is 37.5 Å². The van der Waals surface area contributed by atoms with Crippen LogP contribution in [0.25, 0.3) is 10.8 Å². The third kappa shape index (κ3) is 3.80. The summed E-state index contributed by atoms with van der Waals surface area (Å²) in [5, 5.41) is -0.148. The third-order valence-corrected chi connectivity index (χ3v) is 7.59.